The number of thiazole rings is 1. The van der Waals surface area contributed by atoms with Crippen LogP contribution in [-0.2, 0) is 26.9 Å². The maximum Gasteiger partial charge on any atom is 0.418 e. The Labute approximate surface area is 207 Å². The van der Waals surface area contributed by atoms with Crippen LogP contribution < -0.4 is 5.32 Å². The first-order valence-corrected chi connectivity index (χ1v) is 11.7. The molecule has 1 heterocycles. The van der Waals surface area contributed by atoms with Crippen LogP contribution in [0.3, 0.4) is 0 Å². The van der Waals surface area contributed by atoms with Crippen molar-refractivity contribution in [2.75, 3.05) is 5.32 Å². The molecule has 0 spiro atoms. The van der Waals surface area contributed by atoms with E-state index in [0.717, 1.165) is 27.4 Å². The Hall–Kier alpha value is -3.43. The number of para-hydroxylation sites is 1. The van der Waals surface area contributed by atoms with Crippen molar-refractivity contribution < 1.29 is 27.5 Å². The molecule has 1 amide bonds. The number of carbonyl (C=O) groups excluding carboxylic acids is 2. The summed E-state index contributed by atoms with van der Waals surface area (Å²) in [6.07, 6.45) is -5.94. The lowest BCUT2D eigenvalue weighted by Crippen LogP contribution is -2.27. The third-order valence-electron chi connectivity index (χ3n) is 5.02. The average Bonchev–Trinajstić information content (AvgIpc) is 3.25. The molecule has 0 saturated carbocycles. The quantitative estimate of drug-likeness (QED) is 0.272. The standard InChI is InChI=1S/C25H18ClF3N2O3S/c26-16-10-11-18(17(14-16)25(27,28)29)31-24(33)23(15-6-2-1-3-7-15)34-22(32)13-12-21-30-19-8-4-5-9-20(19)35-21/h1-11,14,23H,12-13H2,(H,31,33)/t23-/m0/s1. The SMILES string of the molecule is O=C(CCc1nc2ccccc2s1)O[C@H](C(=O)Nc1ccc(Cl)cc1C(F)(F)F)c1ccccc1. The van der Waals surface area contributed by atoms with Gasteiger partial charge in [-0.15, -0.1) is 11.3 Å². The zero-order valence-corrected chi connectivity index (χ0v) is 19.6. The summed E-state index contributed by atoms with van der Waals surface area (Å²) in [6.45, 7) is 0. The number of fused-ring (bicyclic) bond motifs is 1. The van der Waals surface area contributed by atoms with E-state index in [-0.39, 0.29) is 11.4 Å². The van der Waals surface area contributed by atoms with E-state index in [1.807, 2.05) is 24.3 Å². The fourth-order valence-corrected chi connectivity index (χ4v) is 4.52. The van der Waals surface area contributed by atoms with Crippen LogP contribution >= 0.6 is 22.9 Å². The van der Waals surface area contributed by atoms with Crippen molar-refractivity contribution in [1.29, 1.82) is 0 Å². The van der Waals surface area contributed by atoms with Gasteiger partial charge in [-0.2, -0.15) is 13.2 Å². The van der Waals surface area contributed by atoms with Crippen LogP contribution in [0, 0.1) is 0 Å². The van der Waals surface area contributed by atoms with Crippen molar-refractivity contribution in [2.24, 2.45) is 0 Å². The van der Waals surface area contributed by atoms with Crippen molar-refractivity contribution in [1.82, 2.24) is 4.98 Å². The van der Waals surface area contributed by atoms with Crippen LogP contribution in [-0.4, -0.2) is 16.9 Å². The summed E-state index contributed by atoms with van der Waals surface area (Å²) in [5.41, 5.74) is -0.447. The Kier molecular flexibility index (Phi) is 7.37. The summed E-state index contributed by atoms with van der Waals surface area (Å²) >= 11 is 7.16. The highest BCUT2D eigenvalue weighted by Gasteiger charge is 2.35. The summed E-state index contributed by atoms with van der Waals surface area (Å²) in [5, 5.41) is 2.84. The molecule has 1 atom stereocenters. The van der Waals surface area contributed by atoms with Crippen molar-refractivity contribution in [3.8, 4) is 0 Å². The summed E-state index contributed by atoms with van der Waals surface area (Å²) in [4.78, 5) is 30.1. The summed E-state index contributed by atoms with van der Waals surface area (Å²) in [5.74, 6) is -1.60. The Morgan fingerprint density at radius 1 is 1.03 bits per heavy atom. The number of nitrogens with zero attached hydrogens (tertiary/aromatic N) is 1. The van der Waals surface area contributed by atoms with Crippen molar-refractivity contribution in [2.45, 2.75) is 25.1 Å². The lowest BCUT2D eigenvalue weighted by Gasteiger charge is -2.20. The summed E-state index contributed by atoms with van der Waals surface area (Å²) < 4.78 is 46.8. The predicted molar refractivity (Wildman–Crippen MR) is 128 cm³/mol. The Morgan fingerprint density at radius 2 is 1.74 bits per heavy atom. The number of nitrogens with one attached hydrogen (secondary N) is 1. The number of benzene rings is 3. The molecule has 0 aliphatic heterocycles. The van der Waals surface area contributed by atoms with Gasteiger partial charge >= 0.3 is 12.1 Å². The number of amides is 1. The molecule has 35 heavy (non-hydrogen) atoms. The zero-order chi connectivity index (χ0) is 25.0. The first kappa shape index (κ1) is 24.7. The van der Waals surface area contributed by atoms with Crippen LogP contribution in [0.15, 0.2) is 72.8 Å². The number of ether oxygens (including phenoxy) is 1. The number of esters is 1. The highest BCUT2D eigenvalue weighted by Crippen LogP contribution is 2.37. The van der Waals surface area contributed by atoms with E-state index in [1.54, 1.807) is 30.3 Å². The van der Waals surface area contributed by atoms with Crippen molar-refractivity contribution in [3.63, 3.8) is 0 Å². The second-order valence-corrected chi connectivity index (χ2v) is 9.08. The van der Waals surface area contributed by atoms with E-state index in [2.05, 4.69) is 10.3 Å². The van der Waals surface area contributed by atoms with Crippen molar-refractivity contribution >= 4 is 50.7 Å². The van der Waals surface area contributed by atoms with Gasteiger partial charge in [0, 0.05) is 17.0 Å². The minimum atomic E-state index is -4.75. The van der Waals surface area contributed by atoms with E-state index >= 15 is 0 Å². The van der Waals surface area contributed by atoms with E-state index in [1.165, 1.54) is 17.4 Å². The number of halogens is 4. The van der Waals surface area contributed by atoms with E-state index in [4.69, 9.17) is 16.3 Å². The fourth-order valence-electron chi connectivity index (χ4n) is 3.39. The van der Waals surface area contributed by atoms with Crippen LogP contribution in [0.25, 0.3) is 10.2 Å². The Balaban J connectivity index is 1.50. The normalized spacial score (nSPS) is 12.3. The molecular weight excluding hydrogens is 501 g/mol. The molecule has 0 aliphatic carbocycles. The van der Waals surface area contributed by atoms with Crippen molar-refractivity contribution in [3.05, 3.63) is 94.0 Å². The van der Waals surface area contributed by atoms with Crippen LogP contribution in [0.2, 0.25) is 5.02 Å². The molecule has 0 saturated heterocycles. The lowest BCUT2D eigenvalue weighted by atomic mass is 10.1. The summed E-state index contributed by atoms with van der Waals surface area (Å²) in [7, 11) is 0. The molecule has 0 radical (unpaired) electrons. The van der Waals surface area contributed by atoms with Gasteiger partial charge in [0.25, 0.3) is 5.91 Å². The largest absolute Gasteiger partial charge is 0.447 e. The minimum absolute atomic E-state index is 0.0504. The number of anilines is 1. The molecule has 5 nitrogen and oxygen atoms in total. The molecule has 10 heteroatoms. The Morgan fingerprint density at radius 3 is 2.46 bits per heavy atom. The van der Waals surface area contributed by atoms with Gasteiger partial charge in [0.1, 0.15) is 0 Å². The fraction of sp³-hybridized carbons (Fsp3) is 0.160. The van der Waals surface area contributed by atoms with Gasteiger partial charge in [0.05, 0.1) is 32.9 Å². The monoisotopic (exact) mass is 518 g/mol. The molecule has 180 valence electrons. The van der Waals surface area contributed by atoms with Crippen LogP contribution in [0.4, 0.5) is 18.9 Å². The highest BCUT2D eigenvalue weighted by molar-refractivity contribution is 7.18. The zero-order valence-electron chi connectivity index (χ0n) is 18.0. The molecule has 1 N–H and O–H groups in total. The van der Waals surface area contributed by atoms with Gasteiger partial charge in [0.2, 0.25) is 6.10 Å². The number of aromatic nitrogens is 1. The second kappa shape index (κ2) is 10.5. The number of hydrogen-bond acceptors (Lipinski definition) is 5. The smallest absolute Gasteiger partial charge is 0.418 e. The molecule has 1 aromatic heterocycles. The molecule has 0 aliphatic rings. The number of hydrogen-bond donors (Lipinski definition) is 1. The van der Waals surface area contributed by atoms with Gasteiger partial charge in [0.15, 0.2) is 0 Å². The molecule has 0 bridgehead atoms. The second-order valence-electron chi connectivity index (χ2n) is 7.53. The predicted octanol–water partition coefficient (Wildman–Crippen LogP) is 6.82. The maximum atomic E-state index is 13.5. The van der Waals surface area contributed by atoms with E-state index < -0.39 is 35.4 Å². The molecule has 0 unspecified atom stereocenters. The molecule has 4 rings (SSSR count). The van der Waals surface area contributed by atoms with Gasteiger partial charge < -0.3 is 10.1 Å². The van der Waals surface area contributed by atoms with E-state index in [9.17, 15) is 22.8 Å². The minimum Gasteiger partial charge on any atom is -0.447 e. The Bertz CT molecular complexity index is 1330. The third kappa shape index (κ3) is 6.17. The molecule has 3 aromatic carbocycles. The number of carbonyl (C=O) groups is 2. The van der Waals surface area contributed by atoms with Gasteiger partial charge in [-0.3, -0.25) is 9.59 Å². The number of rotatable bonds is 7. The maximum absolute atomic E-state index is 13.5. The average molecular weight is 519 g/mol. The third-order valence-corrected chi connectivity index (χ3v) is 6.35. The van der Waals surface area contributed by atoms with Crippen LogP contribution in [0.1, 0.15) is 28.7 Å². The van der Waals surface area contributed by atoms with Gasteiger partial charge in [-0.1, -0.05) is 54.1 Å². The lowest BCUT2D eigenvalue weighted by molar-refractivity contribution is -0.154. The molecular formula is C25H18ClF3N2O3S. The number of aryl methyl sites for hydroxylation is 1. The van der Waals surface area contributed by atoms with Crippen LogP contribution in [0.5, 0.6) is 0 Å². The van der Waals surface area contributed by atoms with Gasteiger partial charge in [-0.25, -0.2) is 4.98 Å². The highest BCUT2D eigenvalue weighted by atomic mass is 35.5. The van der Waals surface area contributed by atoms with Gasteiger partial charge in [-0.05, 0) is 30.3 Å². The molecule has 0 fully saturated rings. The first-order valence-electron chi connectivity index (χ1n) is 10.5. The summed E-state index contributed by atoms with van der Waals surface area (Å²) in [6, 6.07) is 18.6. The first-order chi connectivity index (χ1) is 16.7. The van der Waals surface area contributed by atoms with E-state index in [0.29, 0.717) is 12.0 Å². The molecule has 4 aromatic rings. The number of alkyl halides is 3. The topological polar surface area (TPSA) is 68.3 Å².